The summed E-state index contributed by atoms with van der Waals surface area (Å²) in [6, 6.07) is 7.91. The van der Waals surface area contributed by atoms with E-state index >= 15 is 0 Å². The van der Waals surface area contributed by atoms with Gasteiger partial charge in [-0.15, -0.1) is 11.3 Å². The number of hydrogen-bond acceptors (Lipinski definition) is 5. The van der Waals surface area contributed by atoms with Gasteiger partial charge in [-0.1, -0.05) is 11.8 Å². The van der Waals surface area contributed by atoms with Gasteiger partial charge in [0, 0.05) is 17.6 Å². The lowest BCUT2D eigenvalue weighted by atomic mass is 10.3. The molecule has 0 atom stereocenters. The Bertz CT molecular complexity index is 820. The van der Waals surface area contributed by atoms with E-state index in [2.05, 4.69) is 9.97 Å². The molecule has 4 nitrogen and oxygen atoms in total. The van der Waals surface area contributed by atoms with E-state index in [1.807, 2.05) is 18.4 Å². The molecule has 118 valence electrons. The lowest BCUT2D eigenvalue weighted by Crippen LogP contribution is -2.32. The highest BCUT2D eigenvalue weighted by Gasteiger charge is 2.15. The average Bonchev–Trinajstić information content (AvgIpc) is 3.04. The molecule has 0 aliphatic carbocycles. The van der Waals surface area contributed by atoms with E-state index in [-0.39, 0.29) is 17.5 Å². The molecule has 0 saturated carbocycles. The number of thiophene rings is 1. The molecule has 0 aliphatic rings. The van der Waals surface area contributed by atoms with Crippen LogP contribution >= 0.6 is 23.1 Å². The van der Waals surface area contributed by atoms with Crippen molar-refractivity contribution in [3.05, 3.63) is 47.9 Å². The molecule has 7 heteroatoms. The van der Waals surface area contributed by atoms with E-state index in [9.17, 15) is 9.18 Å². The Morgan fingerprint density at radius 1 is 1.26 bits per heavy atom. The van der Waals surface area contributed by atoms with E-state index < -0.39 is 0 Å². The predicted octanol–water partition coefficient (Wildman–Crippen LogP) is 3.98. The Labute approximate surface area is 141 Å². The van der Waals surface area contributed by atoms with Crippen LogP contribution in [-0.4, -0.2) is 28.2 Å². The van der Waals surface area contributed by atoms with Gasteiger partial charge in [0.2, 0.25) is 5.91 Å². The SMILES string of the molecule is CCN(C(=O)CSc1ncnc2sccc12)c1ccc(F)cc1. The van der Waals surface area contributed by atoms with Crippen LogP contribution in [0.15, 0.2) is 47.1 Å². The van der Waals surface area contributed by atoms with E-state index in [0.29, 0.717) is 12.2 Å². The van der Waals surface area contributed by atoms with Crippen molar-refractivity contribution >= 4 is 44.9 Å². The highest BCUT2D eigenvalue weighted by atomic mass is 32.2. The molecule has 1 aromatic carbocycles. The maximum Gasteiger partial charge on any atom is 0.237 e. The number of thioether (sulfide) groups is 1. The van der Waals surface area contributed by atoms with Crippen molar-refractivity contribution in [3.63, 3.8) is 0 Å². The summed E-state index contributed by atoms with van der Waals surface area (Å²) in [4.78, 5) is 23.5. The monoisotopic (exact) mass is 347 g/mol. The maximum atomic E-state index is 13.0. The number of benzene rings is 1. The van der Waals surface area contributed by atoms with Gasteiger partial charge in [-0.05, 0) is 42.6 Å². The summed E-state index contributed by atoms with van der Waals surface area (Å²) >= 11 is 2.94. The number of rotatable bonds is 5. The molecule has 0 N–H and O–H groups in total. The van der Waals surface area contributed by atoms with Crippen molar-refractivity contribution in [2.75, 3.05) is 17.2 Å². The fourth-order valence-electron chi connectivity index (χ4n) is 2.21. The summed E-state index contributed by atoms with van der Waals surface area (Å²) in [5.41, 5.74) is 0.697. The van der Waals surface area contributed by atoms with E-state index in [1.54, 1.807) is 28.4 Å². The van der Waals surface area contributed by atoms with Crippen LogP contribution in [0.3, 0.4) is 0 Å². The van der Waals surface area contributed by atoms with Crippen LogP contribution in [0, 0.1) is 5.82 Å². The molecule has 2 heterocycles. The second kappa shape index (κ2) is 7.06. The number of aromatic nitrogens is 2. The highest BCUT2D eigenvalue weighted by molar-refractivity contribution is 8.00. The number of carbonyl (C=O) groups is 1. The molecule has 0 saturated heterocycles. The van der Waals surface area contributed by atoms with Crippen molar-refractivity contribution in [3.8, 4) is 0 Å². The first-order chi connectivity index (χ1) is 11.2. The van der Waals surface area contributed by atoms with Crippen molar-refractivity contribution in [2.24, 2.45) is 0 Å². The minimum atomic E-state index is -0.313. The number of halogens is 1. The molecule has 0 bridgehead atoms. The van der Waals surface area contributed by atoms with Crippen LogP contribution in [0.5, 0.6) is 0 Å². The van der Waals surface area contributed by atoms with E-state index in [1.165, 1.54) is 30.2 Å². The third kappa shape index (κ3) is 3.51. The minimum absolute atomic E-state index is 0.0360. The van der Waals surface area contributed by atoms with Gasteiger partial charge >= 0.3 is 0 Å². The molecule has 3 aromatic rings. The van der Waals surface area contributed by atoms with Gasteiger partial charge < -0.3 is 4.90 Å². The molecule has 1 amide bonds. The topological polar surface area (TPSA) is 46.1 Å². The average molecular weight is 347 g/mol. The molecule has 0 radical (unpaired) electrons. The van der Waals surface area contributed by atoms with Crippen LogP contribution in [0.25, 0.3) is 10.2 Å². The summed E-state index contributed by atoms with van der Waals surface area (Å²) in [5.74, 6) is -0.0775. The Hall–Kier alpha value is -1.99. The Morgan fingerprint density at radius 2 is 2.04 bits per heavy atom. The fraction of sp³-hybridized carbons (Fsp3) is 0.188. The Morgan fingerprint density at radius 3 is 2.78 bits per heavy atom. The third-order valence-electron chi connectivity index (χ3n) is 3.31. The van der Waals surface area contributed by atoms with Gasteiger partial charge in [-0.25, -0.2) is 14.4 Å². The van der Waals surface area contributed by atoms with Gasteiger partial charge in [0.15, 0.2) is 0 Å². The Balaban J connectivity index is 1.72. The lowest BCUT2D eigenvalue weighted by Gasteiger charge is -2.20. The normalized spacial score (nSPS) is 10.9. The van der Waals surface area contributed by atoms with Crippen LogP contribution in [0.1, 0.15) is 6.92 Å². The van der Waals surface area contributed by atoms with Gasteiger partial charge in [0.25, 0.3) is 0 Å². The number of carbonyl (C=O) groups excluding carboxylic acids is 1. The zero-order chi connectivity index (χ0) is 16.2. The van der Waals surface area contributed by atoms with Crippen molar-refractivity contribution in [1.82, 2.24) is 9.97 Å². The van der Waals surface area contributed by atoms with Crippen LogP contribution in [0.4, 0.5) is 10.1 Å². The summed E-state index contributed by atoms with van der Waals surface area (Å²) in [6.45, 7) is 2.43. The third-order valence-corrected chi connectivity index (χ3v) is 5.12. The van der Waals surface area contributed by atoms with E-state index in [0.717, 1.165) is 15.2 Å². The first kappa shape index (κ1) is 15.9. The largest absolute Gasteiger partial charge is 0.312 e. The second-order valence-corrected chi connectivity index (χ2v) is 6.58. The van der Waals surface area contributed by atoms with Gasteiger partial charge in [0.05, 0.1) is 5.75 Å². The lowest BCUT2D eigenvalue weighted by molar-refractivity contribution is -0.116. The second-order valence-electron chi connectivity index (χ2n) is 4.72. The zero-order valence-corrected chi connectivity index (χ0v) is 14.0. The molecule has 3 rings (SSSR count). The number of hydrogen-bond donors (Lipinski definition) is 0. The highest BCUT2D eigenvalue weighted by Crippen LogP contribution is 2.28. The molecule has 0 unspecified atom stereocenters. The molecule has 0 aliphatic heterocycles. The van der Waals surface area contributed by atoms with Gasteiger partial charge in [-0.3, -0.25) is 4.79 Å². The van der Waals surface area contributed by atoms with Gasteiger partial charge in [-0.2, -0.15) is 0 Å². The van der Waals surface area contributed by atoms with Crippen LogP contribution in [0.2, 0.25) is 0 Å². The summed E-state index contributed by atoms with van der Waals surface area (Å²) in [7, 11) is 0. The standard InChI is InChI=1S/C16H14FN3OS2/c1-2-20(12-5-3-11(17)4-6-12)14(21)9-23-16-13-7-8-22-15(13)18-10-19-16/h3-8,10H,2,9H2,1H3. The number of nitrogens with zero attached hydrogens (tertiary/aromatic N) is 3. The maximum absolute atomic E-state index is 13.0. The summed E-state index contributed by atoms with van der Waals surface area (Å²) < 4.78 is 13.0. The van der Waals surface area contributed by atoms with Gasteiger partial charge in [0.1, 0.15) is 22.0 Å². The molecule has 23 heavy (non-hydrogen) atoms. The quantitative estimate of drug-likeness (QED) is 0.517. The predicted molar refractivity (Wildman–Crippen MR) is 92.6 cm³/mol. The van der Waals surface area contributed by atoms with Crippen LogP contribution < -0.4 is 4.90 Å². The summed E-state index contributed by atoms with van der Waals surface area (Å²) in [6.07, 6.45) is 1.52. The smallest absolute Gasteiger partial charge is 0.237 e. The van der Waals surface area contributed by atoms with Crippen molar-refractivity contribution < 1.29 is 9.18 Å². The molecule has 0 fully saturated rings. The van der Waals surface area contributed by atoms with E-state index in [4.69, 9.17) is 0 Å². The van der Waals surface area contributed by atoms with Crippen LogP contribution in [-0.2, 0) is 4.79 Å². The number of anilines is 1. The number of fused-ring (bicyclic) bond motifs is 1. The molecule has 2 aromatic heterocycles. The zero-order valence-electron chi connectivity index (χ0n) is 12.4. The summed E-state index contributed by atoms with van der Waals surface area (Å²) in [5, 5.41) is 3.74. The minimum Gasteiger partial charge on any atom is -0.312 e. The number of amides is 1. The first-order valence-electron chi connectivity index (χ1n) is 7.06. The fourth-order valence-corrected chi connectivity index (χ4v) is 3.87. The molecular weight excluding hydrogens is 333 g/mol. The molecule has 0 spiro atoms. The Kier molecular flexibility index (Phi) is 4.88. The molecular formula is C16H14FN3OS2. The first-order valence-corrected chi connectivity index (χ1v) is 8.92. The van der Waals surface area contributed by atoms with Crippen molar-refractivity contribution in [2.45, 2.75) is 11.9 Å². The van der Waals surface area contributed by atoms with Crippen molar-refractivity contribution in [1.29, 1.82) is 0 Å².